The van der Waals surface area contributed by atoms with Gasteiger partial charge in [-0.2, -0.15) is 0 Å². The number of phenolic OH excluding ortho intramolecular Hbond substituents is 2. The lowest BCUT2D eigenvalue weighted by molar-refractivity contribution is 0.475. The van der Waals surface area contributed by atoms with Crippen molar-refractivity contribution in [2.45, 2.75) is 0 Å². The predicted molar refractivity (Wildman–Crippen MR) is 101 cm³/mol. The van der Waals surface area contributed by atoms with Crippen molar-refractivity contribution in [1.29, 1.82) is 0 Å². The molecule has 1 heterocycles. The van der Waals surface area contributed by atoms with Gasteiger partial charge in [-0.1, -0.05) is 54.1 Å². The zero-order chi connectivity index (χ0) is 17.4. The van der Waals surface area contributed by atoms with Crippen molar-refractivity contribution < 1.29 is 10.2 Å². The zero-order valence-electron chi connectivity index (χ0n) is 13.1. The molecule has 0 radical (unpaired) electrons. The molecule has 0 bridgehead atoms. The van der Waals surface area contributed by atoms with Gasteiger partial charge < -0.3 is 10.2 Å². The van der Waals surface area contributed by atoms with Gasteiger partial charge in [-0.3, -0.25) is 0 Å². The van der Waals surface area contributed by atoms with E-state index < -0.39 is 0 Å². The third kappa shape index (κ3) is 2.90. The van der Waals surface area contributed by atoms with Crippen molar-refractivity contribution in [3.8, 4) is 33.8 Å². The molecule has 3 nitrogen and oxygen atoms in total. The maximum atomic E-state index is 10.0. The number of benzene rings is 3. The van der Waals surface area contributed by atoms with Crippen LogP contribution in [0.5, 0.6) is 11.5 Å². The fraction of sp³-hybridized carbons (Fsp3) is 0. The van der Waals surface area contributed by atoms with Crippen LogP contribution in [0.15, 0.2) is 72.8 Å². The molecule has 2 N–H and O–H groups in total. The lowest BCUT2D eigenvalue weighted by Gasteiger charge is -2.09. The quantitative estimate of drug-likeness (QED) is 0.462. The van der Waals surface area contributed by atoms with Crippen molar-refractivity contribution in [2.75, 3.05) is 0 Å². The maximum absolute atomic E-state index is 10.0. The Bertz CT molecular complexity index is 1070. The van der Waals surface area contributed by atoms with Gasteiger partial charge in [0.25, 0.3) is 0 Å². The highest BCUT2D eigenvalue weighted by molar-refractivity contribution is 6.32. The number of rotatable bonds is 2. The molecule has 0 unspecified atom stereocenters. The number of fused-ring (bicyclic) bond motifs is 1. The van der Waals surface area contributed by atoms with E-state index in [0.29, 0.717) is 5.15 Å². The third-order valence-electron chi connectivity index (χ3n) is 4.16. The van der Waals surface area contributed by atoms with Crippen LogP contribution < -0.4 is 0 Å². The molecule has 0 saturated carbocycles. The maximum Gasteiger partial charge on any atom is 0.137 e. The molecular weight excluding hydrogens is 334 g/mol. The van der Waals surface area contributed by atoms with Crippen LogP contribution >= 0.6 is 11.6 Å². The first-order valence-electron chi connectivity index (χ1n) is 7.80. The standard InChI is InChI=1S/C21H14ClNO2/c22-21-18(13-7-9-16(24)10-8-13)11-15-6-5-14(12-19(15)23-21)17-3-1-2-4-20(17)25/h1-12,24-25H. The SMILES string of the molecule is Oc1ccc(-c2cc3ccc(-c4ccccc4O)cc3nc2Cl)cc1. The van der Waals surface area contributed by atoms with Crippen molar-refractivity contribution in [3.63, 3.8) is 0 Å². The van der Waals surface area contributed by atoms with Gasteiger partial charge >= 0.3 is 0 Å². The first kappa shape index (κ1) is 15.5. The van der Waals surface area contributed by atoms with Gasteiger partial charge in [0.2, 0.25) is 0 Å². The van der Waals surface area contributed by atoms with Crippen LogP contribution in [0, 0.1) is 0 Å². The minimum atomic E-state index is 0.209. The monoisotopic (exact) mass is 347 g/mol. The van der Waals surface area contributed by atoms with E-state index >= 15 is 0 Å². The van der Waals surface area contributed by atoms with Gasteiger partial charge in [-0.05, 0) is 41.5 Å². The van der Waals surface area contributed by atoms with Gasteiger partial charge in [0.15, 0.2) is 0 Å². The van der Waals surface area contributed by atoms with Crippen LogP contribution in [-0.4, -0.2) is 15.2 Å². The molecule has 3 aromatic carbocycles. The van der Waals surface area contributed by atoms with E-state index in [1.807, 2.05) is 36.4 Å². The Hall–Kier alpha value is -3.04. The van der Waals surface area contributed by atoms with Crippen LogP contribution in [0.25, 0.3) is 33.2 Å². The molecule has 4 aromatic rings. The Morgan fingerprint density at radius 3 is 2.20 bits per heavy atom. The summed E-state index contributed by atoms with van der Waals surface area (Å²) < 4.78 is 0. The minimum Gasteiger partial charge on any atom is -0.508 e. The second kappa shape index (κ2) is 6.11. The first-order valence-corrected chi connectivity index (χ1v) is 8.18. The molecule has 0 saturated heterocycles. The number of halogens is 1. The minimum absolute atomic E-state index is 0.209. The zero-order valence-corrected chi connectivity index (χ0v) is 13.9. The largest absolute Gasteiger partial charge is 0.508 e. The second-order valence-corrected chi connectivity index (χ2v) is 6.16. The van der Waals surface area contributed by atoms with Crippen molar-refractivity contribution in [1.82, 2.24) is 4.98 Å². The molecule has 0 amide bonds. The molecule has 4 heteroatoms. The van der Waals surface area contributed by atoms with Gasteiger partial charge in [-0.25, -0.2) is 4.98 Å². The molecule has 0 aliphatic carbocycles. The van der Waals surface area contributed by atoms with Gasteiger partial charge in [0.1, 0.15) is 16.7 Å². The highest BCUT2D eigenvalue weighted by atomic mass is 35.5. The highest BCUT2D eigenvalue weighted by Crippen LogP contribution is 2.34. The first-order chi connectivity index (χ1) is 12.1. The molecule has 4 rings (SSSR count). The summed E-state index contributed by atoms with van der Waals surface area (Å²) in [6.07, 6.45) is 0. The fourth-order valence-corrected chi connectivity index (χ4v) is 3.13. The summed E-state index contributed by atoms with van der Waals surface area (Å²) in [7, 11) is 0. The Morgan fingerprint density at radius 1 is 0.720 bits per heavy atom. The smallest absolute Gasteiger partial charge is 0.137 e. The summed E-state index contributed by atoms with van der Waals surface area (Å²) in [5.41, 5.74) is 4.09. The van der Waals surface area contributed by atoms with Crippen LogP contribution in [0.4, 0.5) is 0 Å². The Morgan fingerprint density at radius 2 is 1.44 bits per heavy atom. The number of pyridine rings is 1. The molecule has 0 aliphatic rings. The molecule has 0 fully saturated rings. The van der Waals surface area contributed by atoms with Gasteiger partial charge in [0, 0.05) is 16.5 Å². The summed E-state index contributed by atoms with van der Waals surface area (Å²) >= 11 is 6.38. The third-order valence-corrected chi connectivity index (χ3v) is 4.45. The Labute approximate surface area is 149 Å². The molecule has 122 valence electrons. The van der Waals surface area contributed by atoms with Crippen molar-refractivity contribution >= 4 is 22.5 Å². The predicted octanol–water partition coefficient (Wildman–Crippen LogP) is 5.63. The fourth-order valence-electron chi connectivity index (χ4n) is 2.87. The summed E-state index contributed by atoms with van der Waals surface area (Å²) in [5, 5.41) is 20.8. The summed E-state index contributed by atoms with van der Waals surface area (Å²) in [5.74, 6) is 0.439. The van der Waals surface area contributed by atoms with E-state index in [-0.39, 0.29) is 11.5 Å². The van der Waals surface area contributed by atoms with E-state index in [9.17, 15) is 10.2 Å². The summed E-state index contributed by atoms with van der Waals surface area (Å²) in [6, 6.07) is 21.9. The molecule has 1 aromatic heterocycles. The average molecular weight is 348 g/mol. The molecule has 0 spiro atoms. The number of phenols is 2. The number of hydrogen-bond donors (Lipinski definition) is 2. The molecule has 0 aliphatic heterocycles. The van der Waals surface area contributed by atoms with Crippen molar-refractivity contribution in [2.24, 2.45) is 0 Å². The van der Waals surface area contributed by atoms with E-state index in [2.05, 4.69) is 4.98 Å². The molecular formula is C21H14ClNO2. The van der Waals surface area contributed by atoms with Crippen LogP contribution in [0.1, 0.15) is 0 Å². The van der Waals surface area contributed by atoms with Crippen LogP contribution in [0.3, 0.4) is 0 Å². The normalized spacial score (nSPS) is 10.9. The van der Waals surface area contributed by atoms with E-state index in [1.54, 1.807) is 36.4 Å². The number of nitrogens with zero attached hydrogens (tertiary/aromatic N) is 1. The van der Waals surface area contributed by atoms with Gasteiger partial charge in [0.05, 0.1) is 5.52 Å². The van der Waals surface area contributed by atoms with Crippen LogP contribution in [-0.2, 0) is 0 Å². The van der Waals surface area contributed by atoms with E-state index in [0.717, 1.165) is 33.2 Å². The number of para-hydroxylation sites is 1. The van der Waals surface area contributed by atoms with Crippen molar-refractivity contribution in [3.05, 3.63) is 77.9 Å². The molecule has 0 atom stereocenters. The van der Waals surface area contributed by atoms with E-state index in [4.69, 9.17) is 11.6 Å². The Kier molecular flexibility index (Phi) is 3.79. The lowest BCUT2D eigenvalue weighted by Crippen LogP contribution is -1.87. The molecule has 25 heavy (non-hydrogen) atoms. The van der Waals surface area contributed by atoms with Crippen LogP contribution in [0.2, 0.25) is 5.15 Å². The Balaban J connectivity index is 1.84. The second-order valence-electron chi connectivity index (χ2n) is 5.80. The van der Waals surface area contributed by atoms with E-state index in [1.165, 1.54) is 0 Å². The average Bonchev–Trinajstić information content (AvgIpc) is 2.62. The summed E-state index contributed by atoms with van der Waals surface area (Å²) in [6.45, 7) is 0. The number of aromatic hydroxyl groups is 2. The number of hydrogen-bond acceptors (Lipinski definition) is 3. The summed E-state index contributed by atoms with van der Waals surface area (Å²) in [4.78, 5) is 4.51. The highest BCUT2D eigenvalue weighted by Gasteiger charge is 2.10. The topological polar surface area (TPSA) is 53.4 Å². The lowest BCUT2D eigenvalue weighted by atomic mass is 10.0. The van der Waals surface area contributed by atoms with Gasteiger partial charge in [-0.15, -0.1) is 0 Å². The number of aromatic nitrogens is 1.